The van der Waals surface area contributed by atoms with Gasteiger partial charge in [0.15, 0.2) is 5.69 Å². The Balaban J connectivity index is 1.53. The lowest BCUT2D eigenvalue weighted by Gasteiger charge is -2.36. The van der Waals surface area contributed by atoms with E-state index in [-0.39, 0.29) is 49.1 Å². The van der Waals surface area contributed by atoms with Crippen LogP contribution in [0.4, 0.5) is 5.69 Å². The molecule has 1 aliphatic rings. The quantitative estimate of drug-likeness (QED) is 0.129. The first-order valence-corrected chi connectivity index (χ1v) is 18.2. The van der Waals surface area contributed by atoms with E-state index < -0.39 is 23.8 Å². The zero-order valence-corrected chi connectivity index (χ0v) is 30.3. The van der Waals surface area contributed by atoms with Crippen LogP contribution in [0.2, 0.25) is 0 Å². The first-order chi connectivity index (χ1) is 25.1. The number of nitrogens with zero attached hydrogens (tertiary/aromatic N) is 4. The SMILES string of the molecule is CCCCN(CCCC)C(=O)c1cc(C)n(-c2ccc(NC(=O)C(CC(=O)O)Cc3ccccc3)cc2C(=O)N2Cc3ccccc3CC2CO)n1. The molecule has 4 aromatic rings. The molecular weight excluding hydrogens is 658 g/mol. The van der Waals surface area contributed by atoms with E-state index in [4.69, 9.17) is 5.10 Å². The molecule has 1 aromatic heterocycles. The number of anilines is 1. The second-order valence-corrected chi connectivity index (χ2v) is 13.5. The molecular formula is C41H49N5O6. The highest BCUT2D eigenvalue weighted by Gasteiger charge is 2.32. The number of unbranched alkanes of at least 4 members (excludes halogenated alkanes) is 2. The summed E-state index contributed by atoms with van der Waals surface area (Å²) in [5, 5.41) is 27.6. The Bertz CT molecular complexity index is 1860. The fourth-order valence-electron chi connectivity index (χ4n) is 6.72. The first-order valence-electron chi connectivity index (χ1n) is 18.2. The molecule has 11 nitrogen and oxygen atoms in total. The summed E-state index contributed by atoms with van der Waals surface area (Å²) in [6, 6.07) is 23.2. The molecule has 0 fully saturated rings. The number of carbonyl (C=O) groups excluding carboxylic acids is 3. The van der Waals surface area contributed by atoms with Crippen molar-refractivity contribution in [3.05, 3.63) is 113 Å². The van der Waals surface area contributed by atoms with Gasteiger partial charge in [0.2, 0.25) is 5.91 Å². The molecule has 0 spiro atoms. The molecule has 1 aliphatic heterocycles. The summed E-state index contributed by atoms with van der Waals surface area (Å²) < 4.78 is 1.58. The predicted molar refractivity (Wildman–Crippen MR) is 199 cm³/mol. The summed E-state index contributed by atoms with van der Waals surface area (Å²) in [6.45, 7) is 7.29. The highest BCUT2D eigenvalue weighted by Crippen LogP contribution is 2.29. The number of carbonyl (C=O) groups is 4. The van der Waals surface area contributed by atoms with Gasteiger partial charge < -0.3 is 25.3 Å². The molecule has 11 heteroatoms. The van der Waals surface area contributed by atoms with E-state index in [1.165, 1.54) is 0 Å². The Morgan fingerprint density at radius 3 is 2.25 bits per heavy atom. The summed E-state index contributed by atoms with van der Waals surface area (Å²) in [5.74, 6) is -2.98. The van der Waals surface area contributed by atoms with Crippen LogP contribution in [0.25, 0.3) is 5.69 Å². The number of nitrogens with one attached hydrogen (secondary N) is 1. The maximum atomic E-state index is 14.6. The predicted octanol–water partition coefficient (Wildman–Crippen LogP) is 6.05. The van der Waals surface area contributed by atoms with Crippen molar-refractivity contribution in [2.24, 2.45) is 5.92 Å². The monoisotopic (exact) mass is 707 g/mol. The third-order valence-electron chi connectivity index (χ3n) is 9.62. The molecule has 274 valence electrons. The number of aliphatic hydroxyl groups excluding tert-OH is 1. The molecule has 52 heavy (non-hydrogen) atoms. The molecule has 0 saturated heterocycles. The second kappa shape index (κ2) is 17.8. The topological polar surface area (TPSA) is 145 Å². The number of amides is 3. The third kappa shape index (κ3) is 9.13. The summed E-state index contributed by atoms with van der Waals surface area (Å²) in [4.78, 5) is 57.2. The van der Waals surface area contributed by atoms with Crippen LogP contribution in [0.3, 0.4) is 0 Å². The van der Waals surface area contributed by atoms with Gasteiger partial charge in [0.05, 0.1) is 36.2 Å². The Hall–Kier alpha value is -5.29. The minimum Gasteiger partial charge on any atom is -0.481 e. The maximum absolute atomic E-state index is 14.6. The van der Waals surface area contributed by atoms with Gasteiger partial charge in [0, 0.05) is 31.0 Å². The molecule has 3 aromatic carbocycles. The minimum atomic E-state index is -1.09. The maximum Gasteiger partial charge on any atom is 0.304 e. The molecule has 5 rings (SSSR count). The fraction of sp³-hybridized carbons (Fsp3) is 0.390. The average Bonchev–Trinajstić information content (AvgIpc) is 3.54. The first kappa shape index (κ1) is 38.0. The van der Waals surface area contributed by atoms with Crippen LogP contribution < -0.4 is 5.32 Å². The zero-order chi connectivity index (χ0) is 37.2. The molecule has 2 atom stereocenters. The number of aromatic nitrogens is 2. The number of aliphatic hydroxyl groups is 1. The Morgan fingerprint density at radius 2 is 1.60 bits per heavy atom. The van der Waals surface area contributed by atoms with Crippen LogP contribution in [0.15, 0.2) is 78.9 Å². The van der Waals surface area contributed by atoms with Crippen molar-refractivity contribution in [3.8, 4) is 5.69 Å². The number of fused-ring (bicyclic) bond motifs is 1. The number of rotatable bonds is 16. The van der Waals surface area contributed by atoms with Gasteiger partial charge in [-0.3, -0.25) is 19.2 Å². The molecule has 2 unspecified atom stereocenters. The van der Waals surface area contributed by atoms with Crippen LogP contribution in [0, 0.1) is 12.8 Å². The fourth-order valence-corrected chi connectivity index (χ4v) is 6.72. The van der Waals surface area contributed by atoms with Crippen molar-refractivity contribution < 1.29 is 29.4 Å². The van der Waals surface area contributed by atoms with Crippen LogP contribution >= 0.6 is 0 Å². The van der Waals surface area contributed by atoms with Gasteiger partial charge in [0.25, 0.3) is 11.8 Å². The number of aryl methyl sites for hydroxylation is 1. The van der Waals surface area contributed by atoms with Crippen molar-refractivity contribution in [3.63, 3.8) is 0 Å². The van der Waals surface area contributed by atoms with Gasteiger partial charge >= 0.3 is 5.97 Å². The van der Waals surface area contributed by atoms with Gasteiger partial charge in [-0.15, -0.1) is 0 Å². The highest BCUT2D eigenvalue weighted by molar-refractivity contribution is 6.01. The lowest BCUT2D eigenvalue weighted by Crippen LogP contribution is -2.46. The van der Waals surface area contributed by atoms with Crippen molar-refractivity contribution in [1.29, 1.82) is 0 Å². The Labute approximate surface area is 305 Å². The molecule has 0 radical (unpaired) electrons. The molecule has 3 N–H and O–H groups in total. The second-order valence-electron chi connectivity index (χ2n) is 13.5. The highest BCUT2D eigenvalue weighted by atomic mass is 16.4. The Morgan fingerprint density at radius 1 is 0.923 bits per heavy atom. The minimum absolute atomic E-state index is 0.170. The smallest absolute Gasteiger partial charge is 0.304 e. The number of benzene rings is 3. The number of hydrogen-bond acceptors (Lipinski definition) is 6. The van der Waals surface area contributed by atoms with Crippen LogP contribution in [-0.2, 0) is 29.0 Å². The van der Waals surface area contributed by atoms with Gasteiger partial charge in [-0.05, 0) is 73.6 Å². The normalized spacial score (nSPS) is 14.4. The van der Waals surface area contributed by atoms with Crippen molar-refractivity contribution in [1.82, 2.24) is 19.6 Å². The van der Waals surface area contributed by atoms with Gasteiger partial charge in [-0.1, -0.05) is 81.3 Å². The molecule has 2 heterocycles. The summed E-state index contributed by atoms with van der Waals surface area (Å²) in [7, 11) is 0. The van der Waals surface area contributed by atoms with E-state index in [1.807, 2.05) is 66.4 Å². The Kier molecular flexibility index (Phi) is 13.0. The number of carboxylic acids is 1. The lowest BCUT2D eigenvalue weighted by atomic mass is 9.93. The third-order valence-corrected chi connectivity index (χ3v) is 9.62. The molecule has 0 saturated carbocycles. The van der Waals surface area contributed by atoms with Crippen molar-refractivity contribution >= 4 is 29.4 Å². The standard InChI is InChI=1S/C41H49N5O6/c1-4-6-19-44(20-7-5-2)41(52)36-21-28(3)46(43-36)37-18-17-33(42-39(50)32(24-38(48)49)22-29-13-9-8-10-14-29)25-35(37)40(51)45-26-31-16-12-11-15-30(31)23-34(45)27-47/h8-18,21,25,32,34,47H,4-7,19-20,22-24,26-27H2,1-3H3,(H,42,50)(H,48,49). The van der Waals surface area contributed by atoms with Crippen molar-refractivity contribution in [2.75, 3.05) is 25.0 Å². The number of carboxylic acid groups (broad SMARTS) is 1. The lowest BCUT2D eigenvalue weighted by molar-refractivity contribution is -0.140. The van der Waals surface area contributed by atoms with E-state index in [0.717, 1.165) is 42.4 Å². The van der Waals surface area contributed by atoms with Gasteiger partial charge in [-0.2, -0.15) is 5.10 Å². The van der Waals surface area contributed by atoms with Crippen LogP contribution in [-0.4, -0.2) is 79.2 Å². The van der Waals surface area contributed by atoms with E-state index in [9.17, 15) is 29.4 Å². The van der Waals surface area contributed by atoms with Crippen molar-refractivity contribution in [2.45, 2.75) is 78.3 Å². The van der Waals surface area contributed by atoms with E-state index in [0.29, 0.717) is 36.6 Å². The number of aliphatic carboxylic acids is 1. The van der Waals surface area contributed by atoms with Gasteiger partial charge in [0.1, 0.15) is 0 Å². The van der Waals surface area contributed by atoms with E-state index >= 15 is 0 Å². The summed E-state index contributed by atoms with van der Waals surface area (Å²) in [6.07, 6.45) is 4.01. The average molecular weight is 708 g/mol. The van der Waals surface area contributed by atoms with Crippen LogP contribution in [0.5, 0.6) is 0 Å². The summed E-state index contributed by atoms with van der Waals surface area (Å²) in [5.41, 5.74) is 4.73. The summed E-state index contributed by atoms with van der Waals surface area (Å²) >= 11 is 0. The molecule has 3 amide bonds. The largest absolute Gasteiger partial charge is 0.481 e. The van der Waals surface area contributed by atoms with Crippen LogP contribution in [0.1, 0.15) is 89.2 Å². The van der Waals surface area contributed by atoms with Gasteiger partial charge in [-0.25, -0.2) is 4.68 Å². The zero-order valence-electron chi connectivity index (χ0n) is 30.3. The molecule has 0 aliphatic carbocycles. The van der Waals surface area contributed by atoms with E-state index in [1.54, 1.807) is 33.8 Å². The molecule has 0 bridgehead atoms. The van der Waals surface area contributed by atoms with E-state index in [2.05, 4.69) is 19.2 Å². The number of hydrogen-bond donors (Lipinski definition) is 3.